The van der Waals surface area contributed by atoms with Gasteiger partial charge >= 0.3 is 0 Å². The lowest BCUT2D eigenvalue weighted by Gasteiger charge is -2.17. The molecule has 34 heavy (non-hydrogen) atoms. The highest BCUT2D eigenvalue weighted by Crippen LogP contribution is 2.37. The average Bonchev–Trinajstić information content (AvgIpc) is 3.10. The molecule has 1 amide bonds. The second-order valence-electron chi connectivity index (χ2n) is 7.00. The topological polar surface area (TPSA) is 47.6 Å². The highest BCUT2D eigenvalue weighted by atomic mass is 35.5. The second kappa shape index (κ2) is 10.7. The predicted molar refractivity (Wildman–Crippen MR) is 134 cm³/mol. The van der Waals surface area contributed by atoms with E-state index in [0.29, 0.717) is 14.8 Å². The van der Waals surface area contributed by atoms with Crippen molar-refractivity contribution in [3.63, 3.8) is 0 Å². The van der Waals surface area contributed by atoms with Gasteiger partial charge in [-0.15, -0.1) is 0 Å². The largest absolute Gasteiger partial charge is 0.485 e. The maximum absolute atomic E-state index is 14.3. The summed E-state index contributed by atoms with van der Waals surface area (Å²) in [6, 6.07) is 13.6. The van der Waals surface area contributed by atoms with Crippen molar-refractivity contribution in [2.75, 3.05) is 0 Å². The predicted octanol–water partition coefficient (Wildman–Crippen LogP) is 6.92. The number of nitrogens with one attached hydrogen (secondary N) is 1. The zero-order valence-electron chi connectivity index (χ0n) is 17.2. The number of amides is 1. The number of carbonyl (C=O) groups is 1. The molecule has 1 aliphatic rings. The normalized spacial score (nSPS) is 14.4. The van der Waals surface area contributed by atoms with Crippen LogP contribution in [-0.2, 0) is 18.0 Å². The van der Waals surface area contributed by atoms with Crippen LogP contribution in [0.15, 0.2) is 59.5 Å². The third-order valence-electron chi connectivity index (χ3n) is 4.79. The van der Waals surface area contributed by atoms with Crippen molar-refractivity contribution in [3.8, 4) is 11.5 Å². The van der Waals surface area contributed by atoms with E-state index < -0.39 is 11.6 Å². The fourth-order valence-corrected chi connectivity index (χ4v) is 4.58. The zero-order valence-corrected chi connectivity index (χ0v) is 20.4. The van der Waals surface area contributed by atoms with Crippen LogP contribution in [0.1, 0.15) is 16.7 Å². The molecule has 0 unspecified atom stereocenters. The van der Waals surface area contributed by atoms with Crippen molar-refractivity contribution in [1.29, 1.82) is 0 Å². The van der Waals surface area contributed by atoms with Crippen LogP contribution in [0.3, 0.4) is 0 Å². The minimum absolute atomic E-state index is 0.156. The molecular weight excluding hydrogens is 523 g/mol. The first-order valence-corrected chi connectivity index (χ1v) is 11.8. The Labute approximate surface area is 213 Å². The highest BCUT2D eigenvalue weighted by molar-refractivity contribution is 8.26. The lowest BCUT2D eigenvalue weighted by atomic mass is 10.1. The minimum atomic E-state index is -0.528. The summed E-state index contributed by atoms with van der Waals surface area (Å²) in [7, 11) is 0. The standard InChI is InChI=1S/C24H15Cl2F2NO3S2/c25-16-5-2-7-18(27)14(16)11-31-20-9-1-4-13(10-21-23(30)29-24(33)34-21)22(20)32-12-15-17(26)6-3-8-19(15)28/h1-10H,11-12H2,(H,29,30,33)/b21-10+. The van der Waals surface area contributed by atoms with Gasteiger partial charge in [-0.2, -0.15) is 0 Å². The number of para-hydroxylation sites is 1. The molecular formula is C24H15Cl2F2NO3S2. The van der Waals surface area contributed by atoms with E-state index >= 15 is 0 Å². The lowest BCUT2D eigenvalue weighted by molar-refractivity contribution is -0.115. The number of thiocarbonyl (C=S) groups is 1. The molecule has 1 heterocycles. The molecule has 4 rings (SSSR count). The van der Waals surface area contributed by atoms with E-state index in [9.17, 15) is 13.6 Å². The molecule has 0 bridgehead atoms. The van der Waals surface area contributed by atoms with Crippen LogP contribution in [-0.4, -0.2) is 10.2 Å². The smallest absolute Gasteiger partial charge is 0.263 e. The average molecular weight is 538 g/mol. The maximum Gasteiger partial charge on any atom is 0.263 e. The van der Waals surface area contributed by atoms with Crippen molar-refractivity contribution in [2.45, 2.75) is 13.2 Å². The van der Waals surface area contributed by atoms with E-state index in [0.717, 1.165) is 11.8 Å². The van der Waals surface area contributed by atoms with Gasteiger partial charge in [0.15, 0.2) is 11.5 Å². The molecule has 174 valence electrons. The van der Waals surface area contributed by atoms with Crippen molar-refractivity contribution in [1.82, 2.24) is 5.32 Å². The van der Waals surface area contributed by atoms with Crippen LogP contribution in [0.5, 0.6) is 11.5 Å². The number of hydrogen-bond donors (Lipinski definition) is 1. The summed E-state index contributed by atoms with van der Waals surface area (Å²) < 4.78 is 40.6. The van der Waals surface area contributed by atoms with E-state index in [1.807, 2.05) is 0 Å². The van der Waals surface area contributed by atoms with Gasteiger partial charge in [0.1, 0.15) is 29.2 Å². The molecule has 0 aliphatic carbocycles. The molecule has 3 aromatic carbocycles. The second-order valence-corrected chi connectivity index (χ2v) is 9.54. The van der Waals surface area contributed by atoms with Crippen LogP contribution in [0.4, 0.5) is 8.78 Å². The summed E-state index contributed by atoms with van der Waals surface area (Å²) in [6.45, 7) is -0.387. The van der Waals surface area contributed by atoms with E-state index in [2.05, 4.69) is 5.32 Å². The SMILES string of the molecule is O=C1NC(=S)S/C1=C/c1cccc(OCc2c(F)cccc2Cl)c1OCc1c(F)cccc1Cl. The molecule has 3 aromatic rings. The molecule has 1 aliphatic heterocycles. The Balaban J connectivity index is 1.69. The van der Waals surface area contributed by atoms with Crippen LogP contribution >= 0.6 is 47.2 Å². The summed E-state index contributed by atoms with van der Waals surface area (Å²) in [5.74, 6) is -0.929. The summed E-state index contributed by atoms with van der Waals surface area (Å²) in [5.41, 5.74) is 0.808. The number of rotatable bonds is 7. The molecule has 10 heteroatoms. The first kappa shape index (κ1) is 24.5. The van der Waals surface area contributed by atoms with Gasteiger partial charge in [0.25, 0.3) is 5.91 Å². The number of ether oxygens (including phenoxy) is 2. The molecule has 1 saturated heterocycles. The summed E-state index contributed by atoms with van der Waals surface area (Å²) in [4.78, 5) is 12.5. The van der Waals surface area contributed by atoms with Gasteiger partial charge in [0.2, 0.25) is 0 Å². The minimum Gasteiger partial charge on any atom is -0.485 e. The van der Waals surface area contributed by atoms with E-state index in [-0.39, 0.29) is 51.8 Å². The van der Waals surface area contributed by atoms with Crippen LogP contribution in [0, 0.1) is 11.6 Å². The van der Waals surface area contributed by atoms with Crippen LogP contribution in [0.2, 0.25) is 10.0 Å². The van der Waals surface area contributed by atoms with Gasteiger partial charge in [0.05, 0.1) is 15.0 Å². The fourth-order valence-electron chi connectivity index (χ4n) is 3.11. The van der Waals surface area contributed by atoms with Crippen molar-refractivity contribution < 1.29 is 23.0 Å². The fraction of sp³-hybridized carbons (Fsp3) is 0.0833. The van der Waals surface area contributed by atoms with E-state index in [1.54, 1.807) is 36.4 Å². The van der Waals surface area contributed by atoms with Gasteiger partial charge in [-0.25, -0.2) is 8.78 Å². The quantitative estimate of drug-likeness (QED) is 0.262. The third kappa shape index (κ3) is 5.52. The Hall–Kier alpha value is -2.65. The first-order chi connectivity index (χ1) is 16.3. The van der Waals surface area contributed by atoms with Crippen molar-refractivity contribution >= 4 is 63.5 Å². The van der Waals surface area contributed by atoms with E-state index in [4.69, 9.17) is 44.9 Å². The Bertz CT molecular complexity index is 1280. The number of thioether (sulfide) groups is 1. The molecule has 0 aromatic heterocycles. The number of carbonyl (C=O) groups excluding carboxylic acids is 1. The first-order valence-electron chi connectivity index (χ1n) is 9.82. The molecule has 4 nitrogen and oxygen atoms in total. The zero-order chi connectivity index (χ0) is 24.2. The molecule has 0 atom stereocenters. The van der Waals surface area contributed by atoms with Gasteiger partial charge in [0, 0.05) is 16.7 Å². The van der Waals surface area contributed by atoms with Gasteiger partial charge < -0.3 is 14.8 Å². The van der Waals surface area contributed by atoms with Gasteiger partial charge in [-0.05, 0) is 36.4 Å². The number of benzene rings is 3. The number of halogens is 4. The summed E-state index contributed by atoms with van der Waals surface area (Å²) in [6.07, 6.45) is 1.58. The monoisotopic (exact) mass is 537 g/mol. The van der Waals surface area contributed by atoms with Crippen molar-refractivity contribution in [2.24, 2.45) is 0 Å². The third-order valence-corrected chi connectivity index (χ3v) is 6.67. The summed E-state index contributed by atoms with van der Waals surface area (Å²) >= 11 is 18.4. The molecule has 0 radical (unpaired) electrons. The van der Waals surface area contributed by atoms with Crippen LogP contribution < -0.4 is 14.8 Å². The Morgan fingerprint density at radius 1 is 0.912 bits per heavy atom. The lowest BCUT2D eigenvalue weighted by Crippen LogP contribution is -2.17. The van der Waals surface area contributed by atoms with E-state index in [1.165, 1.54) is 24.3 Å². The Kier molecular flexibility index (Phi) is 7.73. The summed E-state index contributed by atoms with van der Waals surface area (Å²) in [5, 5.41) is 2.96. The molecule has 1 fully saturated rings. The molecule has 0 saturated carbocycles. The van der Waals surface area contributed by atoms with Crippen molar-refractivity contribution in [3.05, 3.63) is 97.9 Å². The Morgan fingerprint density at radius 3 is 2.06 bits per heavy atom. The van der Waals surface area contributed by atoms with Gasteiger partial charge in [-0.3, -0.25) is 4.79 Å². The molecule has 0 spiro atoms. The van der Waals surface area contributed by atoms with Gasteiger partial charge in [-0.1, -0.05) is 71.4 Å². The van der Waals surface area contributed by atoms with Crippen LogP contribution in [0.25, 0.3) is 6.08 Å². The number of hydrogen-bond acceptors (Lipinski definition) is 5. The maximum atomic E-state index is 14.3. The molecule has 1 N–H and O–H groups in total. The Morgan fingerprint density at radius 2 is 1.50 bits per heavy atom. The highest BCUT2D eigenvalue weighted by Gasteiger charge is 2.23.